The minimum atomic E-state index is -0.924. The van der Waals surface area contributed by atoms with Crippen LogP contribution >= 0.6 is 0 Å². The van der Waals surface area contributed by atoms with Crippen molar-refractivity contribution in [2.75, 3.05) is 0 Å². The number of carboxylic acid groups (broad SMARTS) is 1. The Morgan fingerprint density at radius 2 is 2.00 bits per heavy atom. The van der Waals surface area contributed by atoms with Gasteiger partial charge in [0.25, 0.3) is 0 Å². The second kappa shape index (κ2) is 8.89. The van der Waals surface area contributed by atoms with E-state index in [-0.39, 0.29) is 5.56 Å². The maximum atomic E-state index is 11.2. The van der Waals surface area contributed by atoms with E-state index in [1.54, 1.807) is 18.5 Å². The molecular weight excluding hydrogens is 340 g/mol. The number of nitrogens with zero attached hydrogens (tertiary/aromatic N) is 4. The van der Waals surface area contributed by atoms with E-state index < -0.39 is 5.97 Å². The van der Waals surface area contributed by atoms with Crippen molar-refractivity contribution in [2.24, 2.45) is 0 Å². The fraction of sp³-hybridized carbons (Fsp3) is 0.238. The fourth-order valence-electron chi connectivity index (χ4n) is 2.91. The molecule has 0 saturated carbocycles. The highest BCUT2D eigenvalue weighted by atomic mass is 16.4. The lowest BCUT2D eigenvalue weighted by atomic mass is 10.1. The molecule has 138 valence electrons. The third-order valence-electron chi connectivity index (χ3n) is 4.19. The highest BCUT2D eigenvalue weighted by Crippen LogP contribution is 2.10. The maximum Gasteiger partial charge on any atom is 0.335 e. The van der Waals surface area contributed by atoms with E-state index in [0.717, 1.165) is 35.6 Å². The van der Waals surface area contributed by atoms with Gasteiger partial charge in [0, 0.05) is 24.4 Å². The molecule has 6 nitrogen and oxygen atoms in total. The zero-order valence-electron chi connectivity index (χ0n) is 15.2. The van der Waals surface area contributed by atoms with Crippen molar-refractivity contribution in [1.29, 1.82) is 0 Å². The summed E-state index contributed by atoms with van der Waals surface area (Å²) in [5, 5.41) is 17.4. The summed E-state index contributed by atoms with van der Waals surface area (Å²) in [7, 11) is 0. The number of benzene rings is 1. The Balaban J connectivity index is 1.56. The van der Waals surface area contributed by atoms with Crippen LogP contribution in [0.15, 0.2) is 54.9 Å². The predicted octanol–water partition coefficient (Wildman–Crippen LogP) is 3.57. The summed E-state index contributed by atoms with van der Waals surface area (Å²) in [6.45, 7) is 2.52. The van der Waals surface area contributed by atoms with Gasteiger partial charge in [-0.15, -0.1) is 10.2 Å². The van der Waals surface area contributed by atoms with Crippen molar-refractivity contribution in [1.82, 2.24) is 19.7 Å². The SMILES string of the molecule is Cc1cc(C(=O)O)cc(CCCc2nncn2C/C=C/c2ccccc2)n1. The number of aryl methyl sites for hydroxylation is 3. The predicted molar refractivity (Wildman–Crippen MR) is 103 cm³/mol. The summed E-state index contributed by atoms with van der Waals surface area (Å²) in [5.41, 5.74) is 2.96. The van der Waals surface area contributed by atoms with Gasteiger partial charge in [0.15, 0.2) is 0 Å². The number of hydrogen-bond acceptors (Lipinski definition) is 4. The third kappa shape index (κ3) is 5.34. The van der Waals surface area contributed by atoms with Gasteiger partial charge in [0.2, 0.25) is 0 Å². The Hall–Kier alpha value is -3.28. The molecule has 0 amide bonds. The van der Waals surface area contributed by atoms with E-state index in [2.05, 4.69) is 39.5 Å². The molecular formula is C21H22N4O2. The molecule has 1 N–H and O–H groups in total. The minimum absolute atomic E-state index is 0.284. The Morgan fingerprint density at radius 1 is 1.19 bits per heavy atom. The van der Waals surface area contributed by atoms with Crippen LogP contribution in [0.4, 0.5) is 0 Å². The van der Waals surface area contributed by atoms with Gasteiger partial charge < -0.3 is 9.67 Å². The van der Waals surface area contributed by atoms with Gasteiger partial charge in [-0.1, -0.05) is 42.5 Å². The van der Waals surface area contributed by atoms with Crippen molar-refractivity contribution in [3.63, 3.8) is 0 Å². The van der Waals surface area contributed by atoms with Crippen LogP contribution in [-0.4, -0.2) is 30.8 Å². The number of carbonyl (C=O) groups is 1. The van der Waals surface area contributed by atoms with Gasteiger partial charge >= 0.3 is 5.97 Å². The van der Waals surface area contributed by atoms with Crippen LogP contribution in [0.3, 0.4) is 0 Å². The zero-order valence-corrected chi connectivity index (χ0v) is 15.2. The van der Waals surface area contributed by atoms with Crippen LogP contribution in [0.5, 0.6) is 0 Å². The monoisotopic (exact) mass is 362 g/mol. The second-order valence-corrected chi connectivity index (χ2v) is 6.36. The molecule has 0 fully saturated rings. The molecule has 0 unspecified atom stereocenters. The molecule has 0 aliphatic heterocycles. The summed E-state index contributed by atoms with van der Waals surface area (Å²) >= 11 is 0. The first kappa shape index (κ1) is 18.5. The maximum absolute atomic E-state index is 11.2. The van der Waals surface area contributed by atoms with Crippen LogP contribution in [0.1, 0.15) is 39.6 Å². The molecule has 2 aromatic heterocycles. The van der Waals surface area contributed by atoms with Crippen LogP contribution in [0, 0.1) is 6.92 Å². The third-order valence-corrected chi connectivity index (χ3v) is 4.19. The molecule has 0 aliphatic rings. The summed E-state index contributed by atoms with van der Waals surface area (Å²) < 4.78 is 2.02. The topological polar surface area (TPSA) is 80.9 Å². The average molecular weight is 362 g/mol. The van der Waals surface area contributed by atoms with E-state index in [4.69, 9.17) is 5.11 Å². The van der Waals surface area contributed by atoms with Crippen molar-refractivity contribution >= 4 is 12.0 Å². The minimum Gasteiger partial charge on any atom is -0.478 e. The molecule has 27 heavy (non-hydrogen) atoms. The van der Waals surface area contributed by atoms with E-state index in [0.29, 0.717) is 13.0 Å². The van der Waals surface area contributed by atoms with Crippen LogP contribution in [0.2, 0.25) is 0 Å². The van der Waals surface area contributed by atoms with E-state index in [1.807, 2.05) is 29.7 Å². The quantitative estimate of drug-likeness (QED) is 0.662. The van der Waals surface area contributed by atoms with Gasteiger partial charge in [-0.3, -0.25) is 4.98 Å². The number of pyridine rings is 1. The zero-order chi connectivity index (χ0) is 19.1. The highest BCUT2D eigenvalue weighted by Gasteiger charge is 2.08. The summed E-state index contributed by atoms with van der Waals surface area (Å²) in [6, 6.07) is 13.4. The number of rotatable bonds is 8. The van der Waals surface area contributed by atoms with E-state index >= 15 is 0 Å². The Bertz CT molecular complexity index is 932. The number of hydrogen-bond donors (Lipinski definition) is 1. The van der Waals surface area contributed by atoms with Crippen LogP contribution in [0.25, 0.3) is 6.08 Å². The lowest BCUT2D eigenvalue weighted by Gasteiger charge is -2.06. The molecule has 0 spiro atoms. The van der Waals surface area contributed by atoms with E-state index in [1.165, 1.54) is 0 Å². The molecule has 2 heterocycles. The lowest BCUT2D eigenvalue weighted by Crippen LogP contribution is -2.05. The molecule has 3 rings (SSSR count). The van der Waals surface area contributed by atoms with E-state index in [9.17, 15) is 4.79 Å². The lowest BCUT2D eigenvalue weighted by molar-refractivity contribution is 0.0696. The van der Waals surface area contributed by atoms with Gasteiger partial charge in [-0.2, -0.15) is 0 Å². The second-order valence-electron chi connectivity index (χ2n) is 6.36. The number of aromatic carboxylic acids is 1. The Kier molecular flexibility index (Phi) is 6.10. The fourth-order valence-corrected chi connectivity index (χ4v) is 2.91. The van der Waals surface area contributed by atoms with Gasteiger partial charge in [0.05, 0.1) is 5.56 Å². The first-order valence-electron chi connectivity index (χ1n) is 8.91. The number of allylic oxidation sites excluding steroid dienone is 1. The smallest absolute Gasteiger partial charge is 0.335 e. The van der Waals surface area contributed by atoms with Gasteiger partial charge in [0.1, 0.15) is 12.2 Å². The van der Waals surface area contributed by atoms with Crippen LogP contribution in [-0.2, 0) is 19.4 Å². The van der Waals surface area contributed by atoms with Gasteiger partial charge in [-0.25, -0.2) is 4.79 Å². The summed E-state index contributed by atoms with van der Waals surface area (Å²) in [5.74, 6) is -0.00878. The molecule has 1 aromatic carbocycles. The standard InChI is InChI=1S/C21H22N4O2/c1-16-13-18(21(26)27)14-19(23-16)10-5-11-20-24-22-15-25(20)12-6-9-17-7-3-2-4-8-17/h2-4,6-9,13-15H,5,10-12H2,1H3,(H,26,27)/b9-6+. The molecule has 0 radical (unpaired) electrons. The van der Waals surface area contributed by atoms with Crippen molar-refractivity contribution in [3.8, 4) is 0 Å². The number of aromatic nitrogens is 4. The molecule has 0 saturated heterocycles. The number of carboxylic acids is 1. The normalized spacial score (nSPS) is 11.1. The van der Waals surface area contributed by atoms with Crippen molar-refractivity contribution in [3.05, 3.63) is 83.2 Å². The summed E-state index contributed by atoms with van der Waals surface area (Å²) in [4.78, 5) is 15.6. The molecule has 0 bridgehead atoms. The van der Waals surface area contributed by atoms with Crippen molar-refractivity contribution in [2.45, 2.75) is 32.7 Å². The van der Waals surface area contributed by atoms with Crippen molar-refractivity contribution < 1.29 is 9.90 Å². The molecule has 0 atom stereocenters. The first-order valence-corrected chi connectivity index (χ1v) is 8.91. The average Bonchev–Trinajstić information content (AvgIpc) is 3.09. The van der Waals surface area contributed by atoms with Gasteiger partial charge in [-0.05, 0) is 37.5 Å². The summed E-state index contributed by atoms with van der Waals surface area (Å²) in [6.07, 6.45) is 8.19. The van der Waals surface area contributed by atoms with Crippen LogP contribution < -0.4 is 0 Å². The molecule has 0 aliphatic carbocycles. The largest absolute Gasteiger partial charge is 0.478 e. The molecule has 6 heteroatoms. The Labute approximate surface area is 158 Å². The molecule has 3 aromatic rings. The Morgan fingerprint density at radius 3 is 2.78 bits per heavy atom. The first-order chi connectivity index (χ1) is 13.1. The highest BCUT2D eigenvalue weighted by molar-refractivity contribution is 5.87.